The maximum absolute atomic E-state index is 11.9. The molecule has 4 nitrogen and oxygen atoms in total. The Hall–Kier alpha value is -2.36. The summed E-state index contributed by atoms with van der Waals surface area (Å²) >= 11 is 0. The summed E-state index contributed by atoms with van der Waals surface area (Å²) < 4.78 is 0. The van der Waals surface area contributed by atoms with Gasteiger partial charge >= 0.3 is 0 Å². The highest BCUT2D eigenvalue weighted by Gasteiger charge is 2.05. The highest BCUT2D eigenvalue weighted by molar-refractivity contribution is 5.76. The standard InChI is InChI=1S/C18H23N3O/c1-13-9-14(2)18(15(3)10-13)20-8-6-17(22)21-12-16-5-4-7-19-11-16/h4-5,7,9-11,20H,6,8,12H2,1-3H3,(H,21,22). The molecule has 22 heavy (non-hydrogen) atoms. The van der Waals surface area contributed by atoms with E-state index >= 15 is 0 Å². The van der Waals surface area contributed by atoms with Crippen molar-refractivity contribution in [1.82, 2.24) is 10.3 Å². The Balaban J connectivity index is 1.78. The number of amides is 1. The van der Waals surface area contributed by atoms with Gasteiger partial charge in [-0.25, -0.2) is 0 Å². The Kier molecular flexibility index (Phi) is 5.53. The molecule has 0 saturated carbocycles. The lowest BCUT2D eigenvalue weighted by Gasteiger charge is -2.13. The molecule has 0 saturated heterocycles. The molecule has 2 N–H and O–H groups in total. The number of carbonyl (C=O) groups is 1. The lowest BCUT2D eigenvalue weighted by molar-refractivity contribution is -0.121. The van der Waals surface area contributed by atoms with E-state index in [1.54, 1.807) is 12.4 Å². The number of pyridine rings is 1. The molecule has 1 amide bonds. The fraction of sp³-hybridized carbons (Fsp3) is 0.333. The molecule has 0 aliphatic heterocycles. The predicted molar refractivity (Wildman–Crippen MR) is 89.8 cm³/mol. The van der Waals surface area contributed by atoms with Crippen molar-refractivity contribution >= 4 is 11.6 Å². The van der Waals surface area contributed by atoms with Gasteiger partial charge in [0, 0.05) is 37.6 Å². The van der Waals surface area contributed by atoms with Gasteiger partial charge in [-0.15, -0.1) is 0 Å². The van der Waals surface area contributed by atoms with Crippen LogP contribution in [0.5, 0.6) is 0 Å². The minimum absolute atomic E-state index is 0.0405. The number of nitrogens with one attached hydrogen (secondary N) is 2. The highest BCUT2D eigenvalue weighted by atomic mass is 16.1. The molecule has 1 aromatic carbocycles. The van der Waals surface area contributed by atoms with E-state index in [1.807, 2.05) is 12.1 Å². The molecule has 4 heteroatoms. The van der Waals surface area contributed by atoms with Gasteiger partial charge in [-0.3, -0.25) is 9.78 Å². The second kappa shape index (κ2) is 7.59. The van der Waals surface area contributed by atoms with Crippen LogP contribution in [0.2, 0.25) is 0 Å². The molecule has 1 heterocycles. The van der Waals surface area contributed by atoms with E-state index in [1.165, 1.54) is 16.7 Å². The predicted octanol–water partition coefficient (Wildman–Crippen LogP) is 3.13. The molecular formula is C18H23N3O. The van der Waals surface area contributed by atoms with E-state index in [-0.39, 0.29) is 5.91 Å². The molecule has 0 atom stereocenters. The first kappa shape index (κ1) is 16.0. The molecular weight excluding hydrogens is 274 g/mol. The van der Waals surface area contributed by atoms with Gasteiger partial charge in [0.05, 0.1) is 0 Å². The van der Waals surface area contributed by atoms with Crippen LogP contribution < -0.4 is 10.6 Å². The van der Waals surface area contributed by atoms with Crippen LogP contribution in [0.4, 0.5) is 5.69 Å². The van der Waals surface area contributed by atoms with Crippen molar-refractivity contribution in [3.8, 4) is 0 Å². The lowest BCUT2D eigenvalue weighted by atomic mass is 10.1. The van der Waals surface area contributed by atoms with Crippen LogP contribution in [-0.2, 0) is 11.3 Å². The summed E-state index contributed by atoms with van der Waals surface area (Å²) in [7, 11) is 0. The van der Waals surface area contributed by atoms with Crippen molar-refractivity contribution in [3.05, 3.63) is 58.9 Å². The molecule has 0 aliphatic rings. The number of rotatable bonds is 6. The molecule has 0 aliphatic carbocycles. The second-order valence-electron chi connectivity index (χ2n) is 5.59. The van der Waals surface area contributed by atoms with E-state index in [4.69, 9.17) is 0 Å². The molecule has 0 fully saturated rings. The average Bonchev–Trinajstić information content (AvgIpc) is 2.49. The topological polar surface area (TPSA) is 54.0 Å². The molecule has 2 aromatic rings. The molecule has 0 radical (unpaired) electrons. The van der Waals surface area contributed by atoms with Crippen LogP contribution >= 0.6 is 0 Å². The Morgan fingerprint density at radius 3 is 2.55 bits per heavy atom. The van der Waals surface area contributed by atoms with Crippen molar-refractivity contribution in [2.75, 3.05) is 11.9 Å². The van der Waals surface area contributed by atoms with Gasteiger partial charge in [-0.2, -0.15) is 0 Å². The second-order valence-corrected chi connectivity index (χ2v) is 5.59. The summed E-state index contributed by atoms with van der Waals surface area (Å²) in [6, 6.07) is 8.12. The Morgan fingerprint density at radius 2 is 1.91 bits per heavy atom. The van der Waals surface area contributed by atoms with E-state index in [2.05, 4.69) is 48.5 Å². The van der Waals surface area contributed by atoms with Gasteiger partial charge < -0.3 is 10.6 Å². The smallest absolute Gasteiger partial charge is 0.222 e. The van der Waals surface area contributed by atoms with Gasteiger partial charge in [-0.1, -0.05) is 23.8 Å². The third-order valence-corrected chi connectivity index (χ3v) is 3.54. The number of hydrogen-bond donors (Lipinski definition) is 2. The fourth-order valence-corrected chi connectivity index (χ4v) is 2.55. The zero-order valence-electron chi connectivity index (χ0n) is 13.4. The van der Waals surface area contributed by atoms with E-state index in [9.17, 15) is 4.79 Å². The van der Waals surface area contributed by atoms with Crippen molar-refractivity contribution in [2.45, 2.75) is 33.7 Å². The van der Waals surface area contributed by atoms with Crippen molar-refractivity contribution < 1.29 is 4.79 Å². The lowest BCUT2D eigenvalue weighted by Crippen LogP contribution is -2.25. The fourth-order valence-electron chi connectivity index (χ4n) is 2.55. The largest absolute Gasteiger partial charge is 0.384 e. The van der Waals surface area contributed by atoms with Crippen LogP contribution in [-0.4, -0.2) is 17.4 Å². The third-order valence-electron chi connectivity index (χ3n) is 3.54. The first-order chi connectivity index (χ1) is 10.6. The molecule has 2 rings (SSSR count). The number of benzene rings is 1. The van der Waals surface area contributed by atoms with Crippen molar-refractivity contribution in [1.29, 1.82) is 0 Å². The molecule has 0 spiro atoms. The number of anilines is 1. The minimum atomic E-state index is 0.0405. The molecule has 116 valence electrons. The van der Waals surface area contributed by atoms with Gasteiger partial charge in [0.15, 0.2) is 0 Å². The monoisotopic (exact) mass is 297 g/mol. The Labute approximate surface area is 132 Å². The summed E-state index contributed by atoms with van der Waals surface area (Å²) in [6.07, 6.45) is 3.94. The van der Waals surface area contributed by atoms with Gasteiger partial charge in [0.2, 0.25) is 5.91 Å². The van der Waals surface area contributed by atoms with Crippen LogP contribution in [0.1, 0.15) is 28.7 Å². The summed E-state index contributed by atoms with van der Waals surface area (Å²) in [5, 5.41) is 6.27. The highest BCUT2D eigenvalue weighted by Crippen LogP contribution is 2.21. The van der Waals surface area contributed by atoms with Crippen LogP contribution in [0.25, 0.3) is 0 Å². The van der Waals surface area contributed by atoms with Crippen LogP contribution in [0, 0.1) is 20.8 Å². The third kappa shape index (κ3) is 4.58. The average molecular weight is 297 g/mol. The number of nitrogens with zero attached hydrogens (tertiary/aromatic N) is 1. The van der Waals surface area contributed by atoms with Crippen molar-refractivity contribution in [3.63, 3.8) is 0 Å². The van der Waals surface area contributed by atoms with Crippen molar-refractivity contribution in [2.24, 2.45) is 0 Å². The first-order valence-corrected chi connectivity index (χ1v) is 7.53. The zero-order valence-corrected chi connectivity index (χ0v) is 13.4. The van der Waals surface area contributed by atoms with E-state index < -0.39 is 0 Å². The maximum Gasteiger partial charge on any atom is 0.222 e. The minimum Gasteiger partial charge on any atom is -0.384 e. The van der Waals surface area contributed by atoms with Gasteiger partial charge in [-0.05, 0) is 43.5 Å². The number of carbonyl (C=O) groups excluding carboxylic acids is 1. The van der Waals surface area contributed by atoms with Gasteiger partial charge in [0.1, 0.15) is 0 Å². The summed E-state index contributed by atoms with van der Waals surface area (Å²) in [6.45, 7) is 7.42. The number of aromatic nitrogens is 1. The maximum atomic E-state index is 11.9. The Morgan fingerprint density at radius 1 is 1.18 bits per heavy atom. The zero-order chi connectivity index (χ0) is 15.9. The SMILES string of the molecule is Cc1cc(C)c(NCCC(=O)NCc2cccnc2)c(C)c1. The molecule has 0 unspecified atom stereocenters. The first-order valence-electron chi connectivity index (χ1n) is 7.53. The Bertz CT molecular complexity index is 615. The van der Waals surface area contributed by atoms with Crippen LogP contribution in [0.3, 0.4) is 0 Å². The number of hydrogen-bond acceptors (Lipinski definition) is 3. The normalized spacial score (nSPS) is 10.3. The summed E-state index contributed by atoms with van der Waals surface area (Å²) in [5.41, 5.74) is 5.83. The van der Waals surface area contributed by atoms with Gasteiger partial charge in [0.25, 0.3) is 0 Å². The summed E-state index contributed by atoms with van der Waals surface area (Å²) in [5.74, 6) is 0.0405. The van der Waals surface area contributed by atoms with E-state index in [0.29, 0.717) is 19.5 Å². The molecule has 1 aromatic heterocycles. The summed E-state index contributed by atoms with van der Waals surface area (Å²) in [4.78, 5) is 15.9. The van der Waals surface area contributed by atoms with Crippen LogP contribution in [0.15, 0.2) is 36.7 Å². The van der Waals surface area contributed by atoms with E-state index in [0.717, 1.165) is 11.3 Å². The number of aryl methyl sites for hydroxylation is 3. The molecule has 0 bridgehead atoms. The quantitative estimate of drug-likeness (QED) is 0.861.